The molecule has 10 heteroatoms. The molecule has 35 heavy (non-hydrogen) atoms. The topological polar surface area (TPSA) is 88.5 Å². The van der Waals surface area contributed by atoms with Crippen LogP contribution in [0.4, 0.5) is 20.2 Å². The minimum Gasteiger partial charge on any atom is -0.371 e. The largest absolute Gasteiger partial charge is 0.371 e. The van der Waals surface area contributed by atoms with Gasteiger partial charge in [-0.15, -0.1) is 0 Å². The van der Waals surface area contributed by atoms with Gasteiger partial charge >= 0.3 is 0 Å². The highest BCUT2D eigenvalue weighted by atomic mass is 32.2. The van der Waals surface area contributed by atoms with Crippen LogP contribution in [0.3, 0.4) is 0 Å². The van der Waals surface area contributed by atoms with E-state index in [1.807, 2.05) is 4.90 Å². The molecule has 1 N–H and O–H groups in total. The number of nitrogens with zero attached hydrogens (tertiary/aromatic N) is 2. The highest BCUT2D eigenvalue weighted by Crippen LogP contribution is 2.54. The Labute approximate surface area is 203 Å². The second-order valence-electron chi connectivity index (χ2n) is 10.1. The van der Waals surface area contributed by atoms with Gasteiger partial charge in [-0.3, -0.25) is 9.59 Å². The van der Waals surface area contributed by atoms with E-state index in [0.717, 1.165) is 25.9 Å². The van der Waals surface area contributed by atoms with E-state index < -0.39 is 46.1 Å². The Morgan fingerprint density at radius 2 is 1.80 bits per heavy atom. The summed E-state index contributed by atoms with van der Waals surface area (Å²) < 4.78 is 52.9. The highest BCUT2D eigenvalue weighted by Gasteiger charge is 2.47. The number of carbonyl (C=O) groups is 1. The molecule has 2 aromatic rings. The molecule has 188 valence electrons. The quantitative estimate of drug-likeness (QED) is 0.634. The van der Waals surface area contributed by atoms with E-state index in [1.165, 1.54) is 41.8 Å². The van der Waals surface area contributed by atoms with E-state index in [1.54, 1.807) is 19.1 Å². The van der Waals surface area contributed by atoms with Gasteiger partial charge in [0.2, 0.25) is 0 Å². The van der Waals surface area contributed by atoms with Crippen molar-refractivity contribution in [3.63, 3.8) is 0 Å². The fraction of sp³-hybridized carbons (Fsp3) is 0.520. The van der Waals surface area contributed by atoms with Crippen LogP contribution in [0.15, 0.2) is 46.2 Å². The Morgan fingerprint density at radius 3 is 2.40 bits per heavy atom. The van der Waals surface area contributed by atoms with E-state index in [9.17, 15) is 26.8 Å². The summed E-state index contributed by atoms with van der Waals surface area (Å²) >= 11 is 0. The molecule has 1 aromatic heterocycles. The summed E-state index contributed by atoms with van der Waals surface area (Å²) in [6.07, 6.45) is 5.06. The maximum absolute atomic E-state index is 13.3. The lowest BCUT2D eigenvalue weighted by molar-refractivity contribution is -0.104. The first-order valence-electron chi connectivity index (χ1n) is 12.0. The molecule has 0 atom stereocenters. The van der Waals surface area contributed by atoms with Crippen molar-refractivity contribution in [2.24, 2.45) is 5.41 Å². The third-order valence-electron chi connectivity index (χ3n) is 7.76. The molecule has 1 spiro atoms. The molecule has 3 fully saturated rings. The minimum atomic E-state index is -3.47. The molecule has 2 saturated carbocycles. The van der Waals surface area contributed by atoms with Crippen LogP contribution in [-0.4, -0.2) is 43.7 Å². The van der Waals surface area contributed by atoms with Gasteiger partial charge in [0.25, 0.3) is 17.4 Å². The Hall–Kier alpha value is -2.75. The Bertz CT molecular complexity index is 1320. The molecule has 0 bridgehead atoms. The number of aromatic nitrogens is 1. The van der Waals surface area contributed by atoms with E-state index in [2.05, 4.69) is 5.32 Å². The first-order chi connectivity index (χ1) is 16.5. The lowest BCUT2D eigenvalue weighted by Gasteiger charge is -2.36. The third-order valence-corrected chi connectivity index (χ3v) is 9.49. The van der Waals surface area contributed by atoms with Crippen LogP contribution in [-0.2, 0) is 9.84 Å². The lowest BCUT2D eigenvalue weighted by atomic mass is 9.88. The van der Waals surface area contributed by atoms with Crippen molar-refractivity contribution in [3.05, 3.63) is 52.4 Å². The van der Waals surface area contributed by atoms with Crippen molar-refractivity contribution >= 4 is 27.1 Å². The van der Waals surface area contributed by atoms with Gasteiger partial charge in [-0.25, -0.2) is 17.2 Å². The molecular weight excluding hydrogens is 476 g/mol. The van der Waals surface area contributed by atoms with Crippen LogP contribution in [0.5, 0.6) is 0 Å². The monoisotopic (exact) mass is 505 g/mol. The SMILES string of the molecule is CCS(=O)(=O)c1ccc(C(=O)Nc2cccn(C3CC(F)(F)C3)c2=O)c(N2CCC3(CC2)CC3)c1. The smallest absolute Gasteiger partial charge is 0.274 e. The van der Waals surface area contributed by atoms with Gasteiger partial charge in [0.1, 0.15) is 5.69 Å². The average Bonchev–Trinajstić information content (AvgIpc) is 3.57. The van der Waals surface area contributed by atoms with Crippen molar-refractivity contribution in [2.45, 2.75) is 62.3 Å². The summed E-state index contributed by atoms with van der Waals surface area (Å²) in [6.45, 7) is 3.03. The predicted octanol–water partition coefficient (Wildman–Crippen LogP) is 4.24. The number of benzene rings is 1. The molecule has 0 unspecified atom stereocenters. The number of nitrogens with one attached hydrogen (secondary N) is 1. The van der Waals surface area contributed by atoms with E-state index in [0.29, 0.717) is 11.1 Å². The fourth-order valence-electron chi connectivity index (χ4n) is 5.13. The van der Waals surface area contributed by atoms with Gasteiger partial charge in [-0.2, -0.15) is 0 Å². The minimum absolute atomic E-state index is 0.000463. The van der Waals surface area contributed by atoms with Gasteiger partial charge in [-0.05, 0) is 61.4 Å². The molecule has 2 aliphatic carbocycles. The number of halogens is 2. The van der Waals surface area contributed by atoms with E-state index in [-0.39, 0.29) is 21.9 Å². The maximum Gasteiger partial charge on any atom is 0.274 e. The predicted molar refractivity (Wildman–Crippen MR) is 129 cm³/mol. The number of anilines is 2. The van der Waals surface area contributed by atoms with Crippen LogP contribution in [0.1, 0.15) is 61.8 Å². The first kappa shape index (κ1) is 24.0. The van der Waals surface area contributed by atoms with Crippen molar-refractivity contribution in [2.75, 3.05) is 29.1 Å². The number of hydrogen-bond donors (Lipinski definition) is 1. The summed E-state index contributed by atoms with van der Waals surface area (Å²) in [5.41, 5.74) is 0.667. The molecule has 3 aliphatic rings. The van der Waals surface area contributed by atoms with Crippen molar-refractivity contribution in [1.82, 2.24) is 4.57 Å². The highest BCUT2D eigenvalue weighted by molar-refractivity contribution is 7.91. The first-order valence-corrected chi connectivity index (χ1v) is 13.7. The number of sulfone groups is 1. The van der Waals surface area contributed by atoms with Gasteiger partial charge in [-0.1, -0.05) is 6.92 Å². The zero-order valence-corrected chi connectivity index (χ0v) is 20.4. The number of alkyl halides is 2. The summed E-state index contributed by atoms with van der Waals surface area (Å²) in [5, 5.41) is 2.64. The summed E-state index contributed by atoms with van der Waals surface area (Å²) in [4.78, 5) is 28.4. The van der Waals surface area contributed by atoms with Gasteiger partial charge in [0.15, 0.2) is 9.84 Å². The third kappa shape index (κ3) is 4.60. The molecule has 7 nitrogen and oxygen atoms in total. The molecule has 2 heterocycles. The van der Waals surface area contributed by atoms with Crippen LogP contribution in [0, 0.1) is 5.41 Å². The average molecular weight is 506 g/mol. The number of pyridine rings is 1. The number of rotatable bonds is 6. The normalized spacial score (nSPS) is 20.9. The standard InChI is InChI=1S/C25H29F2N3O4S/c1-2-35(33,34)18-5-6-19(21(14-18)29-12-9-24(7-8-24)10-13-29)22(31)28-20-4-3-11-30(23(20)32)17-15-25(26,27)16-17/h3-6,11,14,17H,2,7-10,12-13,15-16H2,1H3,(H,28,31). The zero-order chi connectivity index (χ0) is 25.0. The molecule has 1 aromatic carbocycles. The van der Waals surface area contributed by atoms with Crippen LogP contribution >= 0.6 is 0 Å². The van der Waals surface area contributed by atoms with Crippen molar-refractivity contribution in [3.8, 4) is 0 Å². The molecule has 1 amide bonds. The Kier molecular flexibility index (Phi) is 5.77. The van der Waals surface area contributed by atoms with Crippen LogP contribution in [0.2, 0.25) is 0 Å². The number of piperidine rings is 1. The molecule has 5 rings (SSSR count). The lowest BCUT2D eigenvalue weighted by Crippen LogP contribution is -2.41. The van der Waals surface area contributed by atoms with Crippen LogP contribution < -0.4 is 15.8 Å². The molecule has 1 saturated heterocycles. The molecule has 1 aliphatic heterocycles. The van der Waals surface area contributed by atoms with E-state index in [4.69, 9.17) is 0 Å². The Morgan fingerprint density at radius 1 is 1.11 bits per heavy atom. The number of hydrogen-bond acceptors (Lipinski definition) is 5. The van der Waals surface area contributed by atoms with Crippen molar-refractivity contribution < 1.29 is 22.0 Å². The summed E-state index contributed by atoms with van der Waals surface area (Å²) in [6, 6.07) is 6.85. The number of amides is 1. The fourth-order valence-corrected chi connectivity index (χ4v) is 6.03. The maximum atomic E-state index is 13.3. The van der Waals surface area contributed by atoms with E-state index >= 15 is 0 Å². The Balaban J connectivity index is 1.44. The zero-order valence-electron chi connectivity index (χ0n) is 19.6. The summed E-state index contributed by atoms with van der Waals surface area (Å²) in [7, 11) is -3.47. The number of carbonyl (C=O) groups excluding carboxylic acids is 1. The summed E-state index contributed by atoms with van der Waals surface area (Å²) in [5.74, 6) is -3.36. The van der Waals surface area contributed by atoms with Gasteiger partial charge < -0.3 is 14.8 Å². The molecule has 0 radical (unpaired) electrons. The van der Waals surface area contributed by atoms with Gasteiger partial charge in [0.05, 0.1) is 21.9 Å². The van der Waals surface area contributed by atoms with Crippen LogP contribution in [0.25, 0.3) is 0 Å². The second-order valence-corrected chi connectivity index (χ2v) is 12.4. The van der Waals surface area contributed by atoms with Crippen molar-refractivity contribution in [1.29, 1.82) is 0 Å². The second kappa shape index (κ2) is 8.43. The van der Waals surface area contributed by atoms with Gasteiger partial charge in [0, 0.05) is 38.2 Å². The molecular formula is C25H29F2N3O4S.